The van der Waals surface area contributed by atoms with Gasteiger partial charge in [0.15, 0.2) is 0 Å². The molecule has 3 aromatic rings. The fourth-order valence-corrected chi connectivity index (χ4v) is 3.16. The van der Waals surface area contributed by atoms with Crippen molar-refractivity contribution in [2.75, 3.05) is 0 Å². The monoisotopic (exact) mass is 429 g/mol. The molecule has 0 saturated carbocycles. The lowest BCUT2D eigenvalue weighted by molar-refractivity contribution is -0.384. The average molecular weight is 429 g/mol. The minimum Gasteiger partial charge on any atom is -0.489 e. The number of nitro groups is 1. The van der Waals surface area contributed by atoms with Crippen LogP contribution in [0, 0.1) is 15.9 Å². The van der Waals surface area contributed by atoms with Crippen LogP contribution >= 0.6 is 0 Å². The Bertz CT molecular complexity index is 1150. The maximum atomic E-state index is 12.9. The number of rotatable bonds is 8. The van der Waals surface area contributed by atoms with Crippen LogP contribution in [0.2, 0.25) is 0 Å². The lowest BCUT2D eigenvalue weighted by Gasteiger charge is -2.06. The fourth-order valence-electron chi connectivity index (χ4n) is 2.37. The molecule has 0 atom stereocenters. The van der Waals surface area contributed by atoms with Crippen LogP contribution in [-0.4, -0.2) is 19.6 Å². The first kappa shape index (κ1) is 20.9. The first-order valence-electron chi connectivity index (χ1n) is 8.60. The standard InChI is InChI=1S/C20H16FN3O5S/c21-17-5-1-16(2-6-17)14-29-19-9-3-15(4-10-19)13-22-23-30(27,28)20-11-7-18(8-12-20)24(25)26/h1-13,23H,14H2/b22-13-. The number of hydrazone groups is 1. The Balaban J connectivity index is 1.56. The minimum absolute atomic E-state index is 0.144. The number of halogens is 1. The highest BCUT2D eigenvalue weighted by atomic mass is 32.2. The smallest absolute Gasteiger partial charge is 0.276 e. The highest BCUT2D eigenvalue weighted by Gasteiger charge is 2.14. The van der Waals surface area contributed by atoms with Gasteiger partial charge >= 0.3 is 0 Å². The molecular weight excluding hydrogens is 413 g/mol. The third kappa shape index (κ3) is 5.61. The van der Waals surface area contributed by atoms with E-state index >= 15 is 0 Å². The molecule has 0 unspecified atom stereocenters. The van der Waals surface area contributed by atoms with Crippen LogP contribution in [0.5, 0.6) is 5.75 Å². The molecule has 0 bridgehead atoms. The molecule has 1 N–H and O–H groups in total. The van der Waals surface area contributed by atoms with Gasteiger partial charge in [-0.2, -0.15) is 13.5 Å². The van der Waals surface area contributed by atoms with Gasteiger partial charge in [0, 0.05) is 12.1 Å². The molecule has 0 amide bonds. The Morgan fingerprint density at radius 1 is 1.00 bits per heavy atom. The van der Waals surface area contributed by atoms with E-state index in [1.807, 2.05) is 4.83 Å². The van der Waals surface area contributed by atoms with Gasteiger partial charge < -0.3 is 4.74 Å². The summed E-state index contributed by atoms with van der Waals surface area (Å²) in [7, 11) is -3.95. The molecule has 0 heterocycles. The van der Waals surface area contributed by atoms with Crippen molar-refractivity contribution in [1.29, 1.82) is 0 Å². The summed E-state index contributed by atoms with van der Waals surface area (Å²) in [6.45, 7) is 0.281. The van der Waals surface area contributed by atoms with Gasteiger partial charge in [0.25, 0.3) is 15.7 Å². The largest absolute Gasteiger partial charge is 0.489 e. The van der Waals surface area contributed by atoms with Gasteiger partial charge in [0.1, 0.15) is 18.2 Å². The molecule has 0 saturated heterocycles. The maximum absolute atomic E-state index is 12.9. The fraction of sp³-hybridized carbons (Fsp3) is 0.0500. The Kier molecular flexibility index (Phi) is 6.38. The van der Waals surface area contributed by atoms with Gasteiger partial charge in [-0.1, -0.05) is 12.1 Å². The number of nitro benzene ring substituents is 1. The van der Waals surface area contributed by atoms with Crippen LogP contribution in [0.4, 0.5) is 10.1 Å². The molecule has 8 nitrogen and oxygen atoms in total. The first-order valence-corrected chi connectivity index (χ1v) is 10.1. The summed E-state index contributed by atoms with van der Waals surface area (Å²) in [6, 6.07) is 17.2. The second-order valence-corrected chi connectivity index (χ2v) is 7.75. The normalized spacial score (nSPS) is 11.4. The lowest BCUT2D eigenvalue weighted by atomic mass is 10.2. The highest BCUT2D eigenvalue weighted by molar-refractivity contribution is 7.89. The van der Waals surface area contributed by atoms with Crippen molar-refractivity contribution in [1.82, 2.24) is 4.83 Å². The topological polar surface area (TPSA) is 111 Å². The van der Waals surface area contributed by atoms with Gasteiger partial charge in [0.05, 0.1) is 16.0 Å². The number of ether oxygens (including phenoxy) is 1. The molecule has 0 aromatic heterocycles. The number of nitrogens with zero attached hydrogens (tertiary/aromatic N) is 2. The molecule has 30 heavy (non-hydrogen) atoms. The van der Waals surface area contributed by atoms with E-state index in [-0.39, 0.29) is 23.0 Å². The van der Waals surface area contributed by atoms with Gasteiger partial charge in [-0.25, -0.2) is 9.22 Å². The van der Waals surface area contributed by atoms with Crippen LogP contribution in [0.15, 0.2) is 82.8 Å². The van der Waals surface area contributed by atoms with Gasteiger partial charge in [-0.15, -0.1) is 0 Å². The van der Waals surface area contributed by atoms with E-state index in [1.165, 1.54) is 18.3 Å². The molecule has 0 radical (unpaired) electrons. The van der Waals surface area contributed by atoms with Gasteiger partial charge in [-0.3, -0.25) is 10.1 Å². The summed E-state index contributed by atoms with van der Waals surface area (Å²) in [5.74, 6) is 0.273. The van der Waals surface area contributed by atoms with E-state index in [2.05, 4.69) is 5.10 Å². The maximum Gasteiger partial charge on any atom is 0.276 e. The van der Waals surface area contributed by atoms with E-state index in [4.69, 9.17) is 4.74 Å². The number of hydrogen-bond acceptors (Lipinski definition) is 6. The molecule has 0 aliphatic carbocycles. The van der Waals surface area contributed by atoms with E-state index < -0.39 is 14.9 Å². The minimum atomic E-state index is -3.95. The molecule has 0 fully saturated rings. The quantitative estimate of drug-likeness (QED) is 0.334. The number of nitrogens with one attached hydrogen (secondary N) is 1. The molecule has 0 spiro atoms. The SMILES string of the molecule is O=[N+]([O-])c1ccc(S(=O)(=O)N/N=C\c2ccc(OCc3ccc(F)cc3)cc2)cc1. The number of hydrogen-bond donors (Lipinski definition) is 1. The van der Waals surface area contributed by atoms with Gasteiger partial charge in [0.2, 0.25) is 0 Å². The second-order valence-electron chi connectivity index (χ2n) is 6.09. The summed E-state index contributed by atoms with van der Waals surface area (Å²) in [5, 5.41) is 14.3. The van der Waals surface area contributed by atoms with Crippen LogP contribution in [0.1, 0.15) is 11.1 Å². The predicted molar refractivity (Wildman–Crippen MR) is 108 cm³/mol. The van der Waals surface area contributed by atoms with Gasteiger partial charge in [-0.05, 0) is 59.7 Å². The van der Waals surface area contributed by atoms with Crippen molar-refractivity contribution < 1.29 is 22.5 Å². The molecule has 0 aliphatic rings. The molecule has 154 valence electrons. The Labute approximate surface area is 171 Å². The molecular formula is C20H16FN3O5S. The molecule has 0 aliphatic heterocycles. The zero-order chi connectivity index (χ0) is 21.6. The molecule has 3 rings (SSSR count). The predicted octanol–water partition coefficient (Wildman–Crippen LogP) is 3.63. The van der Waals surface area contributed by atoms with E-state index in [1.54, 1.807) is 36.4 Å². The van der Waals surface area contributed by atoms with Crippen molar-refractivity contribution in [3.63, 3.8) is 0 Å². The summed E-state index contributed by atoms with van der Waals surface area (Å²) in [5.41, 5.74) is 1.23. The third-order valence-electron chi connectivity index (χ3n) is 3.94. The van der Waals surface area contributed by atoms with E-state index in [0.29, 0.717) is 11.3 Å². The summed E-state index contributed by atoms with van der Waals surface area (Å²) in [4.78, 5) is 11.9. The zero-order valence-electron chi connectivity index (χ0n) is 15.4. The molecule has 3 aromatic carbocycles. The average Bonchev–Trinajstić information content (AvgIpc) is 2.74. The second kappa shape index (κ2) is 9.14. The number of benzene rings is 3. The van der Waals surface area contributed by atoms with Crippen LogP contribution in [0.3, 0.4) is 0 Å². The Hall–Kier alpha value is -3.79. The molecule has 10 heteroatoms. The van der Waals surface area contributed by atoms with Crippen LogP contribution < -0.4 is 9.57 Å². The van der Waals surface area contributed by atoms with Crippen LogP contribution in [-0.2, 0) is 16.6 Å². The van der Waals surface area contributed by atoms with Crippen molar-refractivity contribution in [3.05, 3.63) is 99.9 Å². The van der Waals surface area contributed by atoms with Crippen molar-refractivity contribution in [2.45, 2.75) is 11.5 Å². The highest BCUT2D eigenvalue weighted by Crippen LogP contribution is 2.16. The third-order valence-corrected chi connectivity index (χ3v) is 5.18. The summed E-state index contributed by atoms with van der Waals surface area (Å²) < 4.78 is 42.8. The van der Waals surface area contributed by atoms with Crippen LogP contribution in [0.25, 0.3) is 0 Å². The van der Waals surface area contributed by atoms with Crippen molar-refractivity contribution in [2.24, 2.45) is 5.10 Å². The first-order chi connectivity index (χ1) is 14.3. The summed E-state index contributed by atoms with van der Waals surface area (Å²) >= 11 is 0. The Morgan fingerprint density at radius 3 is 2.23 bits per heavy atom. The van der Waals surface area contributed by atoms with E-state index in [9.17, 15) is 22.9 Å². The Morgan fingerprint density at radius 2 is 1.63 bits per heavy atom. The summed E-state index contributed by atoms with van der Waals surface area (Å²) in [6.07, 6.45) is 1.31. The number of sulfonamides is 1. The zero-order valence-corrected chi connectivity index (χ0v) is 16.3. The number of non-ortho nitro benzene ring substituents is 1. The van der Waals surface area contributed by atoms with E-state index in [0.717, 1.165) is 29.8 Å². The van der Waals surface area contributed by atoms with Crippen molar-refractivity contribution >= 4 is 21.9 Å². The lowest BCUT2D eigenvalue weighted by Crippen LogP contribution is -2.18. The van der Waals surface area contributed by atoms with Crippen molar-refractivity contribution in [3.8, 4) is 5.75 Å².